The van der Waals surface area contributed by atoms with Crippen molar-refractivity contribution in [3.05, 3.63) is 47.2 Å². The van der Waals surface area contributed by atoms with Crippen LogP contribution in [0.15, 0.2) is 30.5 Å². The summed E-state index contributed by atoms with van der Waals surface area (Å²) in [7, 11) is -3.54. The number of aromatic amines is 1. The van der Waals surface area contributed by atoms with Gasteiger partial charge in [0.05, 0.1) is 23.6 Å². The van der Waals surface area contributed by atoms with Crippen LogP contribution in [0.1, 0.15) is 16.7 Å². The molecule has 0 aliphatic carbocycles. The Morgan fingerprint density at radius 3 is 2.89 bits per heavy atom. The molecule has 0 aliphatic rings. The zero-order valence-electron chi connectivity index (χ0n) is 10.2. The maximum atomic E-state index is 12.0. The number of aromatic nitrogens is 2. The first-order valence-corrected chi connectivity index (χ1v) is 7.15. The van der Waals surface area contributed by atoms with Gasteiger partial charge in [-0.05, 0) is 24.6 Å². The summed E-state index contributed by atoms with van der Waals surface area (Å²) in [5, 5.41) is 15.1. The Hall–Kier alpha value is -2.33. The smallest absolute Gasteiger partial charge is 0.238 e. The van der Waals surface area contributed by atoms with Gasteiger partial charge in [-0.1, -0.05) is 12.1 Å². The number of nitriles is 1. The fraction of sp³-hybridized carbons (Fsp3) is 0.167. The van der Waals surface area contributed by atoms with E-state index in [2.05, 4.69) is 14.9 Å². The molecular formula is C12H12N4O2S. The fourth-order valence-corrected chi connectivity index (χ4v) is 2.80. The Kier molecular flexibility index (Phi) is 3.53. The van der Waals surface area contributed by atoms with E-state index in [1.54, 1.807) is 31.2 Å². The molecule has 0 unspecified atom stereocenters. The van der Waals surface area contributed by atoms with Crippen molar-refractivity contribution >= 4 is 15.8 Å². The Bertz CT molecular complexity index is 728. The Labute approximate surface area is 111 Å². The Morgan fingerprint density at radius 2 is 2.26 bits per heavy atom. The van der Waals surface area contributed by atoms with Crippen LogP contribution in [0.4, 0.5) is 5.82 Å². The number of nitrogens with zero attached hydrogens (tertiary/aromatic N) is 2. The summed E-state index contributed by atoms with van der Waals surface area (Å²) in [5.74, 6) is 0.164. The van der Waals surface area contributed by atoms with Crippen LogP contribution in [-0.2, 0) is 15.8 Å². The minimum atomic E-state index is -3.54. The van der Waals surface area contributed by atoms with Crippen molar-refractivity contribution < 1.29 is 8.42 Å². The number of hydrogen-bond donors (Lipinski definition) is 2. The third-order valence-electron chi connectivity index (χ3n) is 2.50. The number of nitrogens with one attached hydrogen (secondary N) is 2. The number of benzene rings is 1. The maximum absolute atomic E-state index is 12.0. The third kappa shape index (κ3) is 3.33. The molecule has 2 aromatic rings. The lowest BCUT2D eigenvalue weighted by Gasteiger charge is -2.07. The molecule has 0 atom stereocenters. The van der Waals surface area contributed by atoms with Gasteiger partial charge < -0.3 is 0 Å². The molecule has 0 saturated heterocycles. The van der Waals surface area contributed by atoms with Gasteiger partial charge in [0.15, 0.2) is 0 Å². The summed E-state index contributed by atoms with van der Waals surface area (Å²) in [4.78, 5) is 0. The van der Waals surface area contributed by atoms with Crippen LogP contribution in [0.25, 0.3) is 0 Å². The first-order valence-electron chi connectivity index (χ1n) is 5.50. The van der Waals surface area contributed by atoms with Crippen molar-refractivity contribution in [2.75, 3.05) is 4.72 Å². The molecule has 1 heterocycles. The average molecular weight is 276 g/mol. The second-order valence-electron chi connectivity index (χ2n) is 4.10. The van der Waals surface area contributed by atoms with Crippen LogP contribution in [0, 0.1) is 18.3 Å². The highest BCUT2D eigenvalue weighted by Crippen LogP contribution is 2.14. The number of sulfonamides is 1. The number of H-pyrrole nitrogens is 1. The zero-order chi connectivity index (χ0) is 13.9. The lowest BCUT2D eigenvalue weighted by molar-refractivity contribution is 0.600. The lowest BCUT2D eigenvalue weighted by Crippen LogP contribution is -2.16. The summed E-state index contributed by atoms with van der Waals surface area (Å²) in [5.41, 5.74) is 1.71. The topological polar surface area (TPSA) is 98.6 Å². The van der Waals surface area contributed by atoms with Crippen molar-refractivity contribution in [1.29, 1.82) is 5.26 Å². The lowest BCUT2D eigenvalue weighted by atomic mass is 10.2. The van der Waals surface area contributed by atoms with E-state index >= 15 is 0 Å². The highest BCUT2D eigenvalue weighted by molar-refractivity contribution is 7.91. The van der Waals surface area contributed by atoms with Crippen LogP contribution >= 0.6 is 0 Å². The van der Waals surface area contributed by atoms with Gasteiger partial charge >= 0.3 is 0 Å². The largest absolute Gasteiger partial charge is 0.267 e. The molecule has 6 nitrogen and oxygen atoms in total. The van der Waals surface area contributed by atoms with Crippen molar-refractivity contribution in [2.24, 2.45) is 0 Å². The van der Waals surface area contributed by atoms with Crippen LogP contribution in [0.3, 0.4) is 0 Å². The van der Waals surface area contributed by atoms with Crippen molar-refractivity contribution in [3.63, 3.8) is 0 Å². The first kappa shape index (κ1) is 13.1. The van der Waals surface area contributed by atoms with Gasteiger partial charge in [-0.25, -0.2) is 8.42 Å². The van der Waals surface area contributed by atoms with E-state index in [1.807, 2.05) is 6.07 Å². The molecule has 7 heteroatoms. The molecule has 0 fully saturated rings. The highest BCUT2D eigenvalue weighted by atomic mass is 32.2. The second kappa shape index (κ2) is 5.12. The number of aryl methyl sites for hydroxylation is 1. The van der Waals surface area contributed by atoms with Crippen molar-refractivity contribution in [1.82, 2.24) is 10.2 Å². The molecule has 0 radical (unpaired) electrons. The van der Waals surface area contributed by atoms with Crippen LogP contribution < -0.4 is 4.72 Å². The van der Waals surface area contributed by atoms with E-state index in [0.717, 1.165) is 0 Å². The van der Waals surface area contributed by atoms with Gasteiger partial charge in [-0.3, -0.25) is 9.82 Å². The summed E-state index contributed by atoms with van der Waals surface area (Å²) in [6.45, 7) is 1.75. The molecule has 2 N–H and O–H groups in total. The number of anilines is 1. The van der Waals surface area contributed by atoms with Gasteiger partial charge in [0.25, 0.3) is 0 Å². The van der Waals surface area contributed by atoms with Crippen molar-refractivity contribution in [2.45, 2.75) is 12.7 Å². The maximum Gasteiger partial charge on any atom is 0.238 e. The van der Waals surface area contributed by atoms with Crippen LogP contribution in [-0.4, -0.2) is 18.6 Å². The van der Waals surface area contributed by atoms with E-state index < -0.39 is 10.0 Å². The Morgan fingerprint density at radius 1 is 1.47 bits per heavy atom. The molecule has 0 bridgehead atoms. The minimum absolute atomic E-state index is 0.193. The molecule has 0 aliphatic heterocycles. The second-order valence-corrected chi connectivity index (χ2v) is 5.82. The van der Waals surface area contributed by atoms with E-state index in [0.29, 0.717) is 22.5 Å². The van der Waals surface area contributed by atoms with Gasteiger partial charge in [-0.2, -0.15) is 10.4 Å². The monoisotopic (exact) mass is 276 g/mol. The molecule has 1 aromatic heterocycles. The summed E-state index contributed by atoms with van der Waals surface area (Å²) in [6, 6.07) is 8.48. The minimum Gasteiger partial charge on any atom is -0.267 e. The highest BCUT2D eigenvalue weighted by Gasteiger charge is 2.14. The Balaban J connectivity index is 2.18. The molecule has 0 saturated carbocycles. The summed E-state index contributed by atoms with van der Waals surface area (Å²) >= 11 is 0. The average Bonchev–Trinajstić information content (AvgIpc) is 2.74. The fourth-order valence-electron chi connectivity index (χ4n) is 1.59. The van der Waals surface area contributed by atoms with E-state index in [-0.39, 0.29) is 5.75 Å². The SMILES string of the molecule is Cc1cn[nH]c1NS(=O)(=O)Cc1cccc(C#N)c1. The van der Waals surface area contributed by atoms with Crippen LogP contribution in [0.2, 0.25) is 0 Å². The molecule has 19 heavy (non-hydrogen) atoms. The van der Waals surface area contributed by atoms with E-state index in [1.165, 1.54) is 6.20 Å². The summed E-state index contributed by atoms with van der Waals surface area (Å²) in [6.07, 6.45) is 1.54. The molecule has 98 valence electrons. The summed E-state index contributed by atoms with van der Waals surface area (Å²) < 4.78 is 26.4. The molecule has 2 rings (SSSR count). The van der Waals surface area contributed by atoms with Gasteiger partial charge in [0.2, 0.25) is 10.0 Å². The molecule has 0 spiro atoms. The van der Waals surface area contributed by atoms with Gasteiger partial charge in [0, 0.05) is 5.56 Å². The standard InChI is InChI=1S/C12H12N4O2S/c1-9-7-14-15-12(9)16-19(17,18)8-11-4-2-3-10(5-11)6-13/h2-5,7H,8H2,1H3,(H2,14,15,16). The predicted octanol–water partition coefficient (Wildman–Crippen LogP) is 1.53. The first-order chi connectivity index (χ1) is 9.00. The molecular weight excluding hydrogens is 264 g/mol. The van der Waals surface area contributed by atoms with Gasteiger partial charge in [0.1, 0.15) is 5.82 Å². The van der Waals surface area contributed by atoms with Crippen LogP contribution in [0.5, 0.6) is 0 Å². The molecule has 0 amide bonds. The molecule has 1 aromatic carbocycles. The zero-order valence-corrected chi connectivity index (χ0v) is 11.0. The van der Waals surface area contributed by atoms with Crippen molar-refractivity contribution in [3.8, 4) is 6.07 Å². The quantitative estimate of drug-likeness (QED) is 0.884. The normalized spacial score (nSPS) is 10.9. The predicted molar refractivity (Wildman–Crippen MR) is 70.7 cm³/mol. The van der Waals surface area contributed by atoms with E-state index in [9.17, 15) is 8.42 Å². The van der Waals surface area contributed by atoms with Gasteiger partial charge in [-0.15, -0.1) is 0 Å². The van der Waals surface area contributed by atoms with E-state index in [4.69, 9.17) is 5.26 Å². The third-order valence-corrected chi connectivity index (χ3v) is 3.73. The number of rotatable bonds is 4. The number of hydrogen-bond acceptors (Lipinski definition) is 4.